The Labute approximate surface area is 110 Å². The summed E-state index contributed by atoms with van der Waals surface area (Å²) in [6, 6.07) is 9.62. The number of hydrogen-bond donors (Lipinski definition) is 2. The zero-order valence-corrected chi connectivity index (χ0v) is 11.9. The topological polar surface area (TPSA) is 44.6 Å². The van der Waals surface area contributed by atoms with E-state index in [1.807, 2.05) is 65.0 Å². The number of aliphatic hydroxyl groups excluding tert-OH is 1. The fourth-order valence-electron chi connectivity index (χ4n) is 1.54. The molecule has 1 aromatic carbocycles. The first-order chi connectivity index (χ1) is 8.31. The maximum atomic E-state index is 10.4. The van der Waals surface area contributed by atoms with Crippen LogP contribution in [-0.2, 0) is 0 Å². The summed E-state index contributed by atoms with van der Waals surface area (Å²) in [5.74, 6) is 0.190. The van der Waals surface area contributed by atoms with E-state index in [1.54, 1.807) is 0 Å². The molecule has 18 heavy (non-hydrogen) atoms. The third-order valence-electron chi connectivity index (χ3n) is 2.51. The monoisotopic (exact) mass is 248 g/mol. The summed E-state index contributed by atoms with van der Waals surface area (Å²) in [6.45, 7) is 10.2. The van der Waals surface area contributed by atoms with E-state index in [-0.39, 0.29) is 11.5 Å². The van der Waals surface area contributed by atoms with E-state index in [0.29, 0.717) is 0 Å². The third kappa shape index (κ3) is 4.49. The molecule has 0 aromatic heterocycles. The Morgan fingerprint density at radius 3 is 2.17 bits per heavy atom. The van der Waals surface area contributed by atoms with Gasteiger partial charge in [0.2, 0.25) is 0 Å². The van der Waals surface area contributed by atoms with Crippen LogP contribution in [-0.4, -0.2) is 16.4 Å². The number of hydrogen-bond acceptors (Lipinski definition) is 3. The van der Waals surface area contributed by atoms with Crippen LogP contribution in [0.1, 0.15) is 46.3 Å². The Bertz CT molecular complexity index is 391. The van der Waals surface area contributed by atoms with Gasteiger partial charge < -0.3 is 10.5 Å². The second kappa shape index (κ2) is 6.01. The zero-order chi connectivity index (χ0) is 13.8. The Balaban J connectivity index is 2.92. The molecule has 3 nitrogen and oxygen atoms in total. The molecule has 0 fully saturated rings. The Hall–Kier alpha value is -1.35. The second-order valence-corrected chi connectivity index (χ2v) is 5.87. The lowest BCUT2D eigenvalue weighted by atomic mass is 9.97. The minimum atomic E-state index is -0.652. The minimum Gasteiger partial charge on any atom is -0.382 e. The van der Waals surface area contributed by atoms with Crippen LogP contribution in [0.2, 0.25) is 0 Å². The fourth-order valence-corrected chi connectivity index (χ4v) is 1.54. The number of benzene rings is 1. The molecule has 1 rings (SSSR count). The average molecular weight is 248 g/mol. The fraction of sp³-hybridized carbons (Fsp3) is 0.533. The van der Waals surface area contributed by atoms with Gasteiger partial charge in [-0.2, -0.15) is 5.10 Å². The largest absolute Gasteiger partial charge is 0.382 e. The Morgan fingerprint density at radius 1 is 1.17 bits per heavy atom. The average Bonchev–Trinajstić information content (AvgIpc) is 2.28. The van der Waals surface area contributed by atoms with E-state index in [2.05, 4.69) is 10.5 Å². The van der Waals surface area contributed by atoms with E-state index in [0.717, 1.165) is 11.3 Å². The van der Waals surface area contributed by atoms with Crippen molar-refractivity contribution >= 4 is 5.71 Å². The van der Waals surface area contributed by atoms with E-state index in [1.165, 1.54) is 0 Å². The van der Waals surface area contributed by atoms with Gasteiger partial charge in [0.25, 0.3) is 0 Å². The van der Waals surface area contributed by atoms with Crippen LogP contribution >= 0.6 is 0 Å². The molecule has 0 amide bonds. The molecule has 2 N–H and O–H groups in total. The summed E-state index contributed by atoms with van der Waals surface area (Å²) in [7, 11) is 0. The summed E-state index contributed by atoms with van der Waals surface area (Å²) in [6.07, 6.45) is -0.652. The molecular formula is C15H24N2O. The van der Waals surface area contributed by atoms with Crippen LogP contribution in [0.4, 0.5) is 0 Å². The number of nitrogens with zero attached hydrogens (tertiary/aromatic N) is 1. The van der Waals surface area contributed by atoms with Crippen molar-refractivity contribution in [2.24, 2.45) is 11.0 Å². The molecule has 0 bridgehead atoms. The van der Waals surface area contributed by atoms with E-state index in [9.17, 15) is 5.11 Å². The molecule has 0 aliphatic heterocycles. The van der Waals surface area contributed by atoms with Crippen LogP contribution in [0.25, 0.3) is 0 Å². The summed E-state index contributed by atoms with van der Waals surface area (Å²) in [5, 5.41) is 14.8. The number of nitrogens with one attached hydrogen (secondary N) is 1. The van der Waals surface area contributed by atoms with Crippen LogP contribution in [0.15, 0.2) is 35.4 Å². The highest BCUT2D eigenvalue weighted by Gasteiger charge is 2.19. The van der Waals surface area contributed by atoms with Crippen LogP contribution in [0.5, 0.6) is 0 Å². The Morgan fingerprint density at radius 2 is 1.72 bits per heavy atom. The maximum Gasteiger partial charge on any atom is 0.119 e. The first-order valence-corrected chi connectivity index (χ1v) is 6.39. The van der Waals surface area contributed by atoms with Crippen molar-refractivity contribution in [3.05, 3.63) is 35.9 Å². The highest BCUT2D eigenvalue weighted by Crippen LogP contribution is 2.18. The van der Waals surface area contributed by atoms with Gasteiger partial charge in [-0.15, -0.1) is 0 Å². The molecular weight excluding hydrogens is 224 g/mol. The van der Waals surface area contributed by atoms with Crippen LogP contribution in [0.3, 0.4) is 0 Å². The normalized spacial score (nSPS) is 14.7. The van der Waals surface area contributed by atoms with Gasteiger partial charge in [0.05, 0.1) is 5.71 Å². The van der Waals surface area contributed by atoms with Crippen molar-refractivity contribution in [2.75, 3.05) is 0 Å². The molecule has 100 valence electrons. The molecule has 0 saturated heterocycles. The predicted molar refractivity (Wildman–Crippen MR) is 76.6 cm³/mol. The SMILES string of the molecule is CC(C)/C(=N/NC(C)(C)C)C(O)c1ccccc1. The lowest BCUT2D eigenvalue weighted by molar-refractivity contribution is 0.239. The molecule has 0 saturated carbocycles. The molecule has 0 spiro atoms. The van der Waals surface area contributed by atoms with E-state index >= 15 is 0 Å². The number of hydrazone groups is 1. The van der Waals surface area contributed by atoms with E-state index < -0.39 is 6.10 Å². The zero-order valence-electron chi connectivity index (χ0n) is 11.9. The third-order valence-corrected chi connectivity index (χ3v) is 2.51. The Kier molecular flexibility index (Phi) is 4.91. The van der Waals surface area contributed by atoms with Gasteiger partial charge in [-0.25, -0.2) is 0 Å². The second-order valence-electron chi connectivity index (χ2n) is 5.87. The van der Waals surface area contributed by atoms with Crippen molar-refractivity contribution in [3.8, 4) is 0 Å². The van der Waals surface area contributed by atoms with Crippen molar-refractivity contribution in [1.29, 1.82) is 0 Å². The standard InChI is InChI=1S/C15H24N2O/c1-11(2)13(16-17-15(3,4)5)14(18)12-9-7-6-8-10-12/h6-11,14,17-18H,1-5H3/b16-13-. The molecule has 1 unspecified atom stereocenters. The van der Waals surface area contributed by atoms with Gasteiger partial charge in [-0.3, -0.25) is 0 Å². The van der Waals surface area contributed by atoms with Crippen molar-refractivity contribution in [2.45, 2.75) is 46.3 Å². The summed E-state index contributed by atoms with van der Waals surface area (Å²) in [5.41, 5.74) is 4.62. The summed E-state index contributed by atoms with van der Waals surface area (Å²) < 4.78 is 0. The maximum absolute atomic E-state index is 10.4. The lowest BCUT2D eigenvalue weighted by Gasteiger charge is -2.22. The van der Waals surface area contributed by atoms with Crippen LogP contribution in [0, 0.1) is 5.92 Å². The quantitative estimate of drug-likeness (QED) is 0.635. The van der Waals surface area contributed by atoms with E-state index in [4.69, 9.17) is 0 Å². The predicted octanol–water partition coefficient (Wildman–Crippen LogP) is 3.12. The first-order valence-electron chi connectivity index (χ1n) is 6.39. The molecule has 0 aliphatic rings. The van der Waals surface area contributed by atoms with Gasteiger partial charge >= 0.3 is 0 Å². The molecule has 0 radical (unpaired) electrons. The summed E-state index contributed by atoms with van der Waals surface area (Å²) in [4.78, 5) is 0. The van der Waals surface area contributed by atoms with Gasteiger partial charge in [0.1, 0.15) is 6.10 Å². The van der Waals surface area contributed by atoms with Gasteiger partial charge in [-0.1, -0.05) is 44.2 Å². The lowest BCUT2D eigenvalue weighted by Crippen LogP contribution is -2.34. The molecule has 0 aliphatic carbocycles. The van der Waals surface area contributed by atoms with Gasteiger partial charge in [0, 0.05) is 5.54 Å². The van der Waals surface area contributed by atoms with Crippen molar-refractivity contribution in [3.63, 3.8) is 0 Å². The van der Waals surface area contributed by atoms with Gasteiger partial charge in [-0.05, 0) is 32.3 Å². The molecule has 1 aromatic rings. The van der Waals surface area contributed by atoms with Crippen LogP contribution < -0.4 is 5.43 Å². The first kappa shape index (κ1) is 14.7. The minimum absolute atomic E-state index is 0.101. The molecule has 1 atom stereocenters. The van der Waals surface area contributed by atoms with Crippen molar-refractivity contribution in [1.82, 2.24) is 5.43 Å². The molecule has 0 heterocycles. The van der Waals surface area contributed by atoms with Crippen molar-refractivity contribution < 1.29 is 5.11 Å². The summed E-state index contributed by atoms with van der Waals surface area (Å²) >= 11 is 0. The van der Waals surface area contributed by atoms with Gasteiger partial charge in [0.15, 0.2) is 0 Å². The smallest absolute Gasteiger partial charge is 0.119 e. The highest BCUT2D eigenvalue weighted by atomic mass is 16.3. The number of aliphatic hydroxyl groups is 1. The highest BCUT2D eigenvalue weighted by molar-refractivity contribution is 5.90. The molecule has 3 heteroatoms. The number of rotatable bonds is 4.